The van der Waals surface area contributed by atoms with E-state index in [1.807, 2.05) is 35.2 Å². The summed E-state index contributed by atoms with van der Waals surface area (Å²) < 4.78 is 0. The molecule has 2 fully saturated rings. The Morgan fingerprint density at radius 3 is 2.33 bits per heavy atom. The van der Waals surface area contributed by atoms with Crippen molar-refractivity contribution in [2.24, 2.45) is 17.8 Å². The van der Waals surface area contributed by atoms with E-state index in [0.29, 0.717) is 18.3 Å². The number of nitrogens with zero attached hydrogens (tertiary/aromatic N) is 1. The third-order valence-corrected chi connectivity index (χ3v) is 5.44. The van der Waals surface area contributed by atoms with Crippen LogP contribution in [0.4, 0.5) is 4.79 Å². The van der Waals surface area contributed by atoms with E-state index < -0.39 is 11.9 Å². The summed E-state index contributed by atoms with van der Waals surface area (Å²) in [6.45, 7) is 1.83. The summed E-state index contributed by atoms with van der Waals surface area (Å²) in [6.07, 6.45) is 5.42. The van der Waals surface area contributed by atoms with E-state index in [4.69, 9.17) is 0 Å². The summed E-state index contributed by atoms with van der Waals surface area (Å²) in [7, 11) is 0. The first-order valence-corrected chi connectivity index (χ1v) is 8.93. The first-order valence-electron chi connectivity index (χ1n) is 8.93. The molecule has 0 spiro atoms. The monoisotopic (exact) mass is 330 g/mol. The van der Waals surface area contributed by atoms with Gasteiger partial charge in [0.2, 0.25) is 0 Å². The molecule has 1 unspecified atom stereocenters. The fraction of sp³-hybridized carbons (Fsp3) is 0.579. The van der Waals surface area contributed by atoms with Gasteiger partial charge in [-0.25, -0.2) is 4.79 Å². The molecule has 3 rings (SSSR count). The van der Waals surface area contributed by atoms with E-state index in [-0.39, 0.29) is 12.6 Å². The zero-order valence-electron chi connectivity index (χ0n) is 14.0. The van der Waals surface area contributed by atoms with Gasteiger partial charge in [0.25, 0.3) is 0 Å². The Labute approximate surface area is 143 Å². The average molecular weight is 330 g/mol. The van der Waals surface area contributed by atoms with Crippen LogP contribution < -0.4 is 5.32 Å². The lowest BCUT2D eigenvalue weighted by atomic mass is 9.82. The van der Waals surface area contributed by atoms with Gasteiger partial charge in [-0.3, -0.25) is 4.79 Å². The van der Waals surface area contributed by atoms with Gasteiger partial charge in [-0.05, 0) is 36.7 Å². The zero-order valence-corrected chi connectivity index (χ0v) is 14.0. The standard InChI is InChI=1S/C19H26N2O3/c22-18(23)17(10-14-6-2-1-3-7-14)11-20-19(24)21-12-15-8-4-5-9-16(15)13-21/h1-3,6-7,15-17H,4-5,8-13H2,(H,20,24)(H,22,23)/t15-,16+,17?. The lowest BCUT2D eigenvalue weighted by Gasteiger charge is -2.22. The highest BCUT2D eigenvalue weighted by atomic mass is 16.4. The number of nitrogens with one attached hydrogen (secondary N) is 1. The van der Waals surface area contributed by atoms with Crippen molar-refractivity contribution in [3.05, 3.63) is 35.9 Å². The van der Waals surface area contributed by atoms with Crippen molar-refractivity contribution in [1.29, 1.82) is 0 Å². The first kappa shape index (κ1) is 16.8. The van der Waals surface area contributed by atoms with Crippen molar-refractivity contribution in [2.45, 2.75) is 32.1 Å². The van der Waals surface area contributed by atoms with Crippen LogP contribution in [0.15, 0.2) is 30.3 Å². The van der Waals surface area contributed by atoms with Crippen molar-refractivity contribution < 1.29 is 14.7 Å². The molecular weight excluding hydrogens is 304 g/mol. The molecule has 0 aromatic heterocycles. The van der Waals surface area contributed by atoms with Gasteiger partial charge in [0.1, 0.15) is 0 Å². The zero-order chi connectivity index (χ0) is 16.9. The molecule has 0 radical (unpaired) electrons. The van der Waals surface area contributed by atoms with Crippen molar-refractivity contribution in [2.75, 3.05) is 19.6 Å². The minimum Gasteiger partial charge on any atom is -0.481 e. The Kier molecular flexibility index (Phi) is 5.38. The normalized spacial score (nSPS) is 24.2. The fourth-order valence-electron chi connectivity index (χ4n) is 4.04. The highest BCUT2D eigenvalue weighted by Crippen LogP contribution is 2.35. The second-order valence-electron chi connectivity index (χ2n) is 7.12. The number of hydrogen-bond acceptors (Lipinski definition) is 2. The minimum atomic E-state index is -0.866. The molecule has 1 aliphatic carbocycles. The smallest absolute Gasteiger partial charge is 0.317 e. The van der Waals surface area contributed by atoms with Crippen LogP contribution >= 0.6 is 0 Å². The van der Waals surface area contributed by atoms with E-state index in [2.05, 4.69) is 5.32 Å². The number of carbonyl (C=O) groups excluding carboxylic acids is 1. The van der Waals surface area contributed by atoms with Crippen molar-refractivity contribution >= 4 is 12.0 Å². The maximum Gasteiger partial charge on any atom is 0.317 e. The quantitative estimate of drug-likeness (QED) is 0.872. The molecule has 1 saturated carbocycles. The number of rotatable bonds is 5. The molecular formula is C19H26N2O3. The van der Waals surface area contributed by atoms with Crippen molar-refractivity contribution in [3.63, 3.8) is 0 Å². The van der Waals surface area contributed by atoms with Crippen LogP contribution in [0, 0.1) is 17.8 Å². The molecule has 5 nitrogen and oxygen atoms in total. The first-order chi connectivity index (χ1) is 11.6. The molecule has 130 valence electrons. The van der Waals surface area contributed by atoms with E-state index >= 15 is 0 Å². The van der Waals surface area contributed by atoms with Crippen LogP contribution in [0.5, 0.6) is 0 Å². The number of benzene rings is 1. The third-order valence-electron chi connectivity index (χ3n) is 5.44. The maximum absolute atomic E-state index is 12.4. The van der Waals surface area contributed by atoms with Gasteiger partial charge in [-0.2, -0.15) is 0 Å². The number of urea groups is 1. The predicted octanol–water partition coefficient (Wildman–Crippen LogP) is 2.76. The summed E-state index contributed by atoms with van der Waals surface area (Å²) in [5.41, 5.74) is 0.978. The van der Waals surface area contributed by atoms with Crippen LogP contribution in [-0.2, 0) is 11.2 Å². The summed E-state index contributed by atoms with van der Waals surface area (Å²) >= 11 is 0. The summed E-state index contributed by atoms with van der Waals surface area (Å²) in [6, 6.07) is 9.45. The number of aliphatic carboxylic acids is 1. The van der Waals surface area contributed by atoms with Crippen LogP contribution in [0.2, 0.25) is 0 Å². The Bertz CT molecular complexity index is 561. The average Bonchev–Trinajstić information content (AvgIpc) is 3.03. The van der Waals surface area contributed by atoms with Gasteiger partial charge in [-0.15, -0.1) is 0 Å². The number of carbonyl (C=O) groups is 2. The maximum atomic E-state index is 12.4. The van der Waals surface area contributed by atoms with Gasteiger partial charge in [0, 0.05) is 19.6 Å². The molecule has 24 heavy (non-hydrogen) atoms. The largest absolute Gasteiger partial charge is 0.481 e. The minimum absolute atomic E-state index is 0.108. The van der Waals surface area contributed by atoms with Crippen LogP contribution in [0.3, 0.4) is 0 Å². The van der Waals surface area contributed by atoms with E-state index in [1.54, 1.807) is 0 Å². The highest BCUT2D eigenvalue weighted by Gasteiger charge is 2.36. The summed E-state index contributed by atoms with van der Waals surface area (Å²) in [4.78, 5) is 25.7. The molecule has 1 aromatic rings. The Balaban J connectivity index is 1.51. The topological polar surface area (TPSA) is 69.6 Å². The van der Waals surface area contributed by atoms with E-state index in [1.165, 1.54) is 25.7 Å². The predicted molar refractivity (Wildman–Crippen MR) is 91.7 cm³/mol. The Morgan fingerprint density at radius 1 is 1.12 bits per heavy atom. The van der Waals surface area contributed by atoms with E-state index in [0.717, 1.165) is 18.7 Å². The molecule has 1 saturated heterocycles. The molecule has 2 N–H and O–H groups in total. The fourth-order valence-corrected chi connectivity index (χ4v) is 4.04. The van der Waals surface area contributed by atoms with Crippen LogP contribution in [0.25, 0.3) is 0 Å². The SMILES string of the molecule is O=C(O)C(CNC(=O)N1C[C@H]2CCCC[C@H]2C1)Cc1ccccc1. The number of carboxylic acid groups (broad SMARTS) is 1. The van der Waals surface area contributed by atoms with E-state index in [9.17, 15) is 14.7 Å². The molecule has 3 atom stereocenters. The summed E-state index contributed by atoms with van der Waals surface area (Å²) in [5.74, 6) is -0.177. The Morgan fingerprint density at radius 2 is 1.75 bits per heavy atom. The molecule has 2 amide bonds. The molecule has 0 bridgehead atoms. The van der Waals surface area contributed by atoms with Gasteiger partial charge in [0.05, 0.1) is 5.92 Å². The third kappa shape index (κ3) is 4.08. The highest BCUT2D eigenvalue weighted by molar-refractivity contribution is 5.76. The molecule has 1 aromatic carbocycles. The molecule has 1 aliphatic heterocycles. The van der Waals surface area contributed by atoms with Gasteiger partial charge < -0.3 is 15.3 Å². The molecule has 1 heterocycles. The lowest BCUT2D eigenvalue weighted by Crippen LogP contribution is -2.42. The number of carboxylic acids is 1. The van der Waals surface area contributed by atoms with Gasteiger partial charge >= 0.3 is 12.0 Å². The molecule has 5 heteroatoms. The second-order valence-corrected chi connectivity index (χ2v) is 7.12. The van der Waals surface area contributed by atoms with Crippen LogP contribution in [-0.4, -0.2) is 41.6 Å². The Hall–Kier alpha value is -2.04. The second kappa shape index (κ2) is 7.69. The molecule has 2 aliphatic rings. The lowest BCUT2D eigenvalue weighted by molar-refractivity contribution is -0.141. The number of likely N-dealkylation sites (tertiary alicyclic amines) is 1. The number of hydrogen-bond donors (Lipinski definition) is 2. The van der Waals surface area contributed by atoms with Gasteiger partial charge in [-0.1, -0.05) is 43.2 Å². The number of amides is 2. The number of fused-ring (bicyclic) bond motifs is 1. The van der Waals surface area contributed by atoms with Gasteiger partial charge in [0.15, 0.2) is 0 Å². The van der Waals surface area contributed by atoms with Crippen LogP contribution in [0.1, 0.15) is 31.2 Å². The van der Waals surface area contributed by atoms with Crippen molar-refractivity contribution in [3.8, 4) is 0 Å². The summed E-state index contributed by atoms with van der Waals surface area (Å²) in [5, 5.41) is 12.3. The van der Waals surface area contributed by atoms with Crippen molar-refractivity contribution in [1.82, 2.24) is 10.2 Å².